The number of Topliss-reactive ketones (excluding diaryl/α,β-unsaturated/α-hetero) is 1. The number of benzene rings is 1. The van der Waals surface area contributed by atoms with Gasteiger partial charge in [-0.2, -0.15) is 0 Å². The van der Waals surface area contributed by atoms with Crippen molar-refractivity contribution in [3.05, 3.63) is 48.0 Å². The van der Waals surface area contributed by atoms with Gasteiger partial charge in [0, 0.05) is 17.1 Å². The molecule has 0 aliphatic carbocycles. The van der Waals surface area contributed by atoms with Crippen molar-refractivity contribution >= 4 is 16.8 Å². The van der Waals surface area contributed by atoms with E-state index >= 15 is 0 Å². The van der Waals surface area contributed by atoms with Crippen LogP contribution in [0.2, 0.25) is 0 Å². The van der Waals surface area contributed by atoms with Crippen LogP contribution in [-0.2, 0) is 14.2 Å². The van der Waals surface area contributed by atoms with Crippen molar-refractivity contribution < 1.29 is 28.5 Å². The highest BCUT2D eigenvalue weighted by Crippen LogP contribution is 2.51. The van der Waals surface area contributed by atoms with Gasteiger partial charge < -0.3 is 28.3 Å². The van der Waals surface area contributed by atoms with E-state index < -0.39 is 29.8 Å². The Morgan fingerprint density at radius 2 is 1.94 bits per heavy atom. The molecule has 3 aliphatic heterocycles. The summed E-state index contributed by atoms with van der Waals surface area (Å²) in [5.41, 5.74) is 1.05. The highest BCUT2D eigenvalue weighted by molar-refractivity contribution is 6.01. The van der Waals surface area contributed by atoms with E-state index in [0.717, 1.165) is 11.1 Å². The Labute approximate surface area is 184 Å². The van der Waals surface area contributed by atoms with Crippen LogP contribution in [0.25, 0.3) is 11.0 Å². The zero-order chi connectivity index (χ0) is 22.3. The molecule has 3 aliphatic rings. The molecule has 2 aromatic heterocycles. The van der Waals surface area contributed by atoms with Crippen LogP contribution in [0.1, 0.15) is 43.1 Å². The number of fused-ring (bicyclic) bond motifs is 3. The fraction of sp³-hybridized carbons (Fsp3) is 0.435. The number of ether oxygens (including phenoxy) is 5. The third kappa shape index (κ3) is 2.71. The lowest BCUT2D eigenvalue weighted by molar-refractivity contribution is -0.203. The second-order valence-electron chi connectivity index (χ2n) is 8.98. The number of ketones is 1. The minimum absolute atomic E-state index is 0.141. The Morgan fingerprint density at radius 3 is 2.78 bits per heavy atom. The summed E-state index contributed by atoms with van der Waals surface area (Å²) in [6, 6.07) is 7.08. The molecule has 5 heterocycles. The van der Waals surface area contributed by atoms with E-state index in [1.54, 1.807) is 18.2 Å². The molecule has 0 spiro atoms. The largest absolute Gasteiger partial charge is 0.454 e. The van der Waals surface area contributed by atoms with Crippen LogP contribution in [0.5, 0.6) is 11.5 Å². The van der Waals surface area contributed by atoms with Gasteiger partial charge in [0.05, 0.1) is 5.69 Å². The Kier molecular flexibility index (Phi) is 4.00. The Balaban J connectivity index is 1.42. The van der Waals surface area contributed by atoms with Crippen molar-refractivity contribution in [2.24, 2.45) is 0 Å². The first-order valence-corrected chi connectivity index (χ1v) is 10.5. The van der Waals surface area contributed by atoms with Gasteiger partial charge in [-0.15, -0.1) is 0 Å². The molecule has 0 radical (unpaired) electrons. The van der Waals surface area contributed by atoms with Gasteiger partial charge in [-0.05, 0) is 52.0 Å². The standard InChI is InChI=1S/C23H23N3O6/c1-12-14-7-8-26(20(14)25-10-24-12)21-19-23(4,32-22(2,3)31-19)18(30-21)17(27)13-5-6-15-16(9-13)29-11-28-15/h5-10,18-19,21H,11H2,1-4H3/t18-,19+,21-,23-/m1/s1. The summed E-state index contributed by atoms with van der Waals surface area (Å²) in [4.78, 5) is 22.4. The van der Waals surface area contributed by atoms with E-state index in [1.165, 1.54) is 6.33 Å². The number of rotatable bonds is 3. The average molecular weight is 437 g/mol. The monoisotopic (exact) mass is 437 g/mol. The second-order valence-corrected chi connectivity index (χ2v) is 8.98. The number of nitrogens with zero attached hydrogens (tertiary/aromatic N) is 3. The molecular formula is C23H23N3O6. The molecule has 9 nitrogen and oxygen atoms in total. The van der Waals surface area contributed by atoms with E-state index in [0.29, 0.717) is 22.7 Å². The van der Waals surface area contributed by atoms with Crippen LogP contribution in [-0.4, -0.2) is 50.7 Å². The van der Waals surface area contributed by atoms with Crippen molar-refractivity contribution in [2.45, 2.75) is 57.5 Å². The highest BCUT2D eigenvalue weighted by Gasteiger charge is 2.66. The topological polar surface area (TPSA) is 93.9 Å². The number of aromatic nitrogens is 3. The fourth-order valence-corrected chi connectivity index (χ4v) is 4.96. The Bertz CT molecular complexity index is 1250. The minimum Gasteiger partial charge on any atom is -0.454 e. The normalized spacial score (nSPS) is 30.1. The Hall–Kier alpha value is -3.01. The van der Waals surface area contributed by atoms with Crippen LogP contribution in [0, 0.1) is 6.92 Å². The molecule has 1 aromatic carbocycles. The second kappa shape index (κ2) is 6.50. The van der Waals surface area contributed by atoms with Crippen molar-refractivity contribution in [1.29, 1.82) is 0 Å². The predicted octanol–water partition coefficient (Wildman–Crippen LogP) is 3.16. The third-order valence-electron chi connectivity index (χ3n) is 6.37. The SMILES string of the molecule is Cc1ncnc2c1ccn2[C@@H]1O[C@H](C(=O)c2ccc3c(c2)OCO3)[C@@]2(C)OC(C)(C)O[C@@H]12. The van der Waals surface area contributed by atoms with Crippen molar-refractivity contribution in [3.8, 4) is 11.5 Å². The van der Waals surface area contributed by atoms with Crippen molar-refractivity contribution in [2.75, 3.05) is 6.79 Å². The summed E-state index contributed by atoms with van der Waals surface area (Å²) >= 11 is 0. The minimum atomic E-state index is -1.000. The molecule has 166 valence electrons. The summed E-state index contributed by atoms with van der Waals surface area (Å²) in [6.07, 6.45) is 1.40. The first kappa shape index (κ1) is 19.7. The van der Waals surface area contributed by atoms with E-state index in [-0.39, 0.29) is 12.6 Å². The maximum atomic E-state index is 13.6. The highest BCUT2D eigenvalue weighted by atomic mass is 16.8. The number of aryl methyl sites for hydroxylation is 1. The van der Waals surface area contributed by atoms with Gasteiger partial charge in [0.15, 0.2) is 35.4 Å². The molecule has 6 rings (SSSR count). The summed E-state index contributed by atoms with van der Waals surface area (Å²) in [7, 11) is 0. The van der Waals surface area contributed by atoms with Gasteiger partial charge in [0.1, 0.15) is 23.7 Å². The molecular weight excluding hydrogens is 414 g/mol. The first-order chi connectivity index (χ1) is 15.3. The molecule has 2 saturated heterocycles. The maximum Gasteiger partial charge on any atom is 0.231 e. The summed E-state index contributed by atoms with van der Waals surface area (Å²) in [6.45, 7) is 7.62. The number of hydrogen-bond acceptors (Lipinski definition) is 8. The molecule has 32 heavy (non-hydrogen) atoms. The van der Waals surface area contributed by atoms with Gasteiger partial charge in [-0.1, -0.05) is 0 Å². The maximum absolute atomic E-state index is 13.6. The van der Waals surface area contributed by atoms with E-state index in [2.05, 4.69) is 9.97 Å². The average Bonchev–Trinajstić information content (AvgIpc) is 3.48. The van der Waals surface area contributed by atoms with Crippen LogP contribution in [0.15, 0.2) is 36.8 Å². The number of carbonyl (C=O) groups excluding carboxylic acids is 1. The zero-order valence-corrected chi connectivity index (χ0v) is 18.2. The lowest BCUT2D eigenvalue weighted by Gasteiger charge is -2.28. The molecule has 0 N–H and O–H groups in total. The van der Waals surface area contributed by atoms with Gasteiger partial charge in [-0.3, -0.25) is 4.79 Å². The Morgan fingerprint density at radius 1 is 1.12 bits per heavy atom. The molecule has 0 bridgehead atoms. The van der Waals surface area contributed by atoms with Crippen molar-refractivity contribution in [3.63, 3.8) is 0 Å². The van der Waals surface area contributed by atoms with Crippen molar-refractivity contribution in [1.82, 2.24) is 14.5 Å². The predicted molar refractivity (Wildman–Crippen MR) is 112 cm³/mol. The van der Waals surface area contributed by atoms with E-state index in [1.807, 2.05) is 44.5 Å². The summed E-state index contributed by atoms with van der Waals surface area (Å²) in [5, 5.41) is 0.918. The van der Waals surface area contributed by atoms with E-state index in [4.69, 9.17) is 23.7 Å². The molecule has 4 atom stereocenters. The third-order valence-corrected chi connectivity index (χ3v) is 6.37. The first-order valence-electron chi connectivity index (χ1n) is 10.5. The molecule has 0 saturated carbocycles. The van der Waals surface area contributed by atoms with Gasteiger partial charge in [0.2, 0.25) is 6.79 Å². The van der Waals surface area contributed by atoms with Crippen LogP contribution >= 0.6 is 0 Å². The number of carbonyl (C=O) groups is 1. The smallest absolute Gasteiger partial charge is 0.231 e. The lowest BCUT2D eigenvalue weighted by atomic mass is 9.89. The molecule has 3 aromatic rings. The zero-order valence-electron chi connectivity index (χ0n) is 18.2. The van der Waals surface area contributed by atoms with Crippen LogP contribution in [0.3, 0.4) is 0 Å². The van der Waals surface area contributed by atoms with Gasteiger partial charge in [-0.25, -0.2) is 9.97 Å². The van der Waals surface area contributed by atoms with Gasteiger partial charge in [0.25, 0.3) is 0 Å². The molecule has 9 heteroatoms. The van der Waals surface area contributed by atoms with E-state index in [9.17, 15) is 4.79 Å². The number of hydrogen-bond donors (Lipinski definition) is 0. The summed E-state index contributed by atoms with van der Waals surface area (Å²) < 4.78 is 31.7. The van der Waals surface area contributed by atoms with Crippen LogP contribution in [0.4, 0.5) is 0 Å². The van der Waals surface area contributed by atoms with Gasteiger partial charge >= 0.3 is 0 Å². The lowest BCUT2D eigenvalue weighted by Crippen LogP contribution is -2.47. The molecule has 2 fully saturated rings. The quantitative estimate of drug-likeness (QED) is 0.577. The molecule has 0 unspecified atom stereocenters. The molecule has 0 amide bonds. The summed E-state index contributed by atoms with van der Waals surface area (Å²) in [5.74, 6) is 0.0793. The fourth-order valence-electron chi connectivity index (χ4n) is 4.96. The van der Waals surface area contributed by atoms with Crippen LogP contribution < -0.4 is 9.47 Å².